The van der Waals surface area contributed by atoms with Gasteiger partial charge < -0.3 is 10.6 Å². The Morgan fingerprint density at radius 3 is 2.60 bits per heavy atom. The Balaban J connectivity index is 1.62. The molecule has 1 spiro atoms. The Morgan fingerprint density at radius 2 is 1.85 bits per heavy atom. The number of fused-ring (bicyclic) bond motifs is 1. The first kappa shape index (κ1) is 11.9. The molecule has 4 rings (SSSR count). The molecule has 0 bridgehead atoms. The van der Waals surface area contributed by atoms with Crippen molar-refractivity contribution in [2.24, 2.45) is 5.41 Å². The van der Waals surface area contributed by atoms with Gasteiger partial charge in [0.15, 0.2) is 5.65 Å². The van der Waals surface area contributed by atoms with E-state index in [4.69, 9.17) is 5.73 Å². The normalized spacial score (nSPS) is 21.9. The Kier molecular flexibility index (Phi) is 2.58. The number of nitrogen functional groups attached to an aromatic ring is 1. The Bertz CT molecular complexity index is 618. The van der Waals surface area contributed by atoms with Gasteiger partial charge in [0.25, 0.3) is 0 Å². The number of aromatic amines is 1. The summed E-state index contributed by atoms with van der Waals surface area (Å²) in [6.07, 6.45) is 9.98. The van der Waals surface area contributed by atoms with E-state index in [0.717, 1.165) is 29.9 Å². The van der Waals surface area contributed by atoms with Gasteiger partial charge in [-0.1, -0.05) is 12.8 Å². The maximum absolute atomic E-state index is 5.81. The number of nitrogens with zero attached hydrogens (tertiary/aromatic N) is 4. The van der Waals surface area contributed by atoms with Gasteiger partial charge in [0.2, 0.25) is 5.95 Å². The lowest BCUT2D eigenvalue weighted by atomic mass is 9.77. The number of H-pyrrole nitrogens is 1. The molecule has 1 saturated carbocycles. The van der Waals surface area contributed by atoms with Crippen LogP contribution >= 0.6 is 0 Å². The van der Waals surface area contributed by atoms with Crippen LogP contribution in [0.3, 0.4) is 0 Å². The van der Waals surface area contributed by atoms with Crippen LogP contribution in [0.4, 0.5) is 11.8 Å². The molecule has 3 N–H and O–H groups in total. The third-order valence-corrected chi connectivity index (χ3v) is 5.09. The van der Waals surface area contributed by atoms with E-state index in [2.05, 4.69) is 25.1 Å². The summed E-state index contributed by atoms with van der Waals surface area (Å²) in [5, 5.41) is 7.91. The van der Waals surface area contributed by atoms with Gasteiger partial charge in [0.1, 0.15) is 5.82 Å². The fourth-order valence-electron chi connectivity index (χ4n) is 3.90. The zero-order valence-electron chi connectivity index (χ0n) is 11.6. The van der Waals surface area contributed by atoms with Crippen LogP contribution in [0.1, 0.15) is 38.5 Å². The Morgan fingerprint density at radius 1 is 1.10 bits per heavy atom. The Hall–Kier alpha value is -1.85. The van der Waals surface area contributed by atoms with Crippen LogP contribution in [0.5, 0.6) is 0 Å². The van der Waals surface area contributed by atoms with E-state index in [1.54, 1.807) is 6.20 Å². The molecule has 1 aliphatic heterocycles. The van der Waals surface area contributed by atoms with Gasteiger partial charge in [-0.15, -0.1) is 0 Å². The molecule has 20 heavy (non-hydrogen) atoms. The summed E-state index contributed by atoms with van der Waals surface area (Å²) in [5.74, 6) is 1.26. The van der Waals surface area contributed by atoms with Crippen LogP contribution < -0.4 is 10.6 Å². The van der Waals surface area contributed by atoms with Crippen molar-refractivity contribution < 1.29 is 0 Å². The second-order valence-corrected chi connectivity index (χ2v) is 6.23. The number of hydrogen-bond donors (Lipinski definition) is 2. The molecule has 2 aromatic rings. The number of nitrogens with one attached hydrogen (secondary N) is 1. The van der Waals surface area contributed by atoms with Gasteiger partial charge >= 0.3 is 0 Å². The summed E-state index contributed by atoms with van der Waals surface area (Å²) in [7, 11) is 0. The highest BCUT2D eigenvalue weighted by Gasteiger charge is 2.37. The lowest BCUT2D eigenvalue weighted by Crippen LogP contribution is -2.39. The van der Waals surface area contributed by atoms with Crippen LogP contribution in [-0.4, -0.2) is 33.3 Å². The van der Waals surface area contributed by atoms with Crippen LogP contribution in [0.15, 0.2) is 6.20 Å². The molecule has 0 radical (unpaired) electrons. The molecule has 0 aromatic carbocycles. The Labute approximate surface area is 117 Å². The summed E-state index contributed by atoms with van der Waals surface area (Å²) < 4.78 is 0. The smallest absolute Gasteiger partial charge is 0.224 e. The largest absolute Gasteiger partial charge is 0.368 e. The van der Waals surface area contributed by atoms with Crippen molar-refractivity contribution in [1.29, 1.82) is 0 Å². The van der Waals surface area contributed by atoms with Crippen LogP contribution in [0.25, 0.3) is 11.0 Å². The van der Waals surface area contributed by atoms with Crippen molar-refractivity contribution in [3.63, 3.8) is 0 Å². The third-order valence-electron chi connectivity index (χ3n) is 5.09. The summed E-state index contributed by atoms with van der Waals surface area (Å²) in [4.78, 5) is 11.0. The highest BCUT2D eigenvalue weighted by atomic mass is 15.2. The molecule has 0 unspecified atom stereocenters. The zero-order valence-corrected chi connectivity index (χ0v) is 11.6. The minimum atomic E-state index is 0.318. The number of nitrogens with two attached hydrogens (primary N) is 1. The van der Waals surface area contributed by atoms with Crippen LogP contribution in [0.2, 0.25) is 0 Å². The monoisotopic (exact) mass is 272 g/mol. The van der Waals surface area contributed by atoms with Gasteiger partial charge in [-0.2, -0.15) is 15.1 Å². The standard InChI is InChI=1S/C14H20N6/c15-13-17-11-10(9-16-19-11)12(18-13)20-7-5-14(6-8-20)3-1-2-4-14/h9H,1-8H2,(H3,15,16,17,18,19). The molecule has 0 atom stereocenters. The fraction of sp³-hybridized carbons (Fsp3) is 0.643. The summed E-state index contributed by atoms with van der Waals surface area (Å²) in [6.45, 7) is 2.13. The van der Waals surface area contributed by atoms with Crippen molar-refractivity contribution in [2.75, 3.05) is 23.7 Å². The molecule has 1 aliphatic carbocycles. The topological polar surface area (TPSA) is 83.7 Å². The van der Waals surface area contributed by atoms with Gasteiger partial charge in [-0.3, -0.25) is 5.10 Å². The van der Waals surface area contributed by atoms with Crippen molar-refractivity contribution in [3.8, 4) is 0 Å². The van der Waals surface area contributed by atoms with E-state index in [1.807, 2.05) is 0 Å². The van der Waals surface area contributed by atoms with Crippen molar-refractivity contribution in [1.82, 2.24) is 20.2 Å². The average Bonchev–Trinajstić information content (AvgIpc) is 3.08. The van der Waals surface area contributed by atoms with Crippen molar-refractivity contribution in [2.45, 2.75) is 38.5 Å². The van der Waals surface area contributed by atoms with E-state index >= 15 is 0 Å². The molecule has 0 amide bonds. The predicted molar refractivity (Wildman–Crippen MR) is 78.4 cm³/mol. The molecule has 3 heterocycles. The van der Waals surface area contributed by atoms with Crippen molar-refractivity contribution in [3.05, 3.63) is 6.20 Å². The van der Waals surface area contributed by atoms with Gasteiger partial charge in [-0.05, 0) is 31.1 Å². The molecule has 1 saturated heterocycles. The van der Waals surface area contributed by atoms with Crippen LogP contribution in [-0.2, 0) is 0 Å². The highest BCUT2D eigenvalue weighted by molar-refractivity contribution is 5.87. The molecule has 6 nitrogen and oxygen atoms in total. The average molecular weight is 272 g/mol. The first-order valence-corrected chi connectivity index (χ1v) is 7.47. The molecule has 106 valence electrons. The number of piperidine rings is 1. The molecule has 6 heteroatoms. The van der Waals surface area contributed by atoms with Crippen molar-refractivity contribution >= 4 is 22.8 Å². The minimum Gasteiger partial charge on any atom is -0.368 e. The van der Waals surface area contributed by atoms with E-state index in [0.29, 0.717) is 11.4 Å². The quantitative estimate of drug-likeness (QED) is 0.830. The minimum absolute atomic E-state index is 0.318. The number of aromatic nitrogens is 4. The lowest BCUT2D eigenvalue weighted by molar-refractivity contribution is 0.226. The SMILES string of the molecule is Nc1nc(N2CCC3(CCCC3)CC2)c2cn[nH]c2n1. The van der Waals surface area contributed by atoms with Gasteiger partial charge in [0.05, 0.1) is 11.6 Å². The third kappa shape index (κ3) is 1.82. The predicted octanol–water partition coefficient (Wildman–Crippen LogP) is 2.10. The second-order valence-electron chi connectivity index (χ2n) is 6.23. The summed E-state index contributed by atoms with van der Waals surface area (Å²) in [5.41, 5.74) is 7.16. The van der Waals surface area contributed by atoms with E-state index in [9.17, 15) is 0 Å². The summed E-state index contributed by atoms with van der Waals surface area (Å²) >= 11 is 0. The summed E-state index contributed by atoms with van der Waals surface area (Å²) in [6, 6.07) is 0. The molecule has 2 aliphatic rings. The van der Waals surface area contributed by atoms with E-state index in [1.165, 1.54) is 38.5 Å². The second kappa shape index (κ2) is 4.33. The van der Waals surface area contributed by atoms with Gasteiger partial charge in [-0.25, -0.2) is 0 Å². The maximum Gasteiger partial charge on any atom is 0.224 e. The fourth-order valence-corrected chi connectivity index (χ4v) is 3.90. The zero-order chi connectivity index (χ0) is 13.6. The number of rotatable bonds is 1. The van der Waals surface area contributed by atoms with E-state index in [-0.39, 0.29) is 0 Å². The highest BCUT2D eigenvalue weighted by Crippen LogP contribution is 2.46. The number of anilines is 2. The first-order chi connectivity index (χ1) is 9.76. The van der Waals surface area contributed by atoms with Crippen LogP contribution in [0, 0.1) is 5.41 Å². The molecule has 2 aromatic heterocycles. The molecular weight excluding hydrogens is 252 g/mol. The lowest BCUT2D eigenvalue weighted by Gasteiger charge is -2.40. The molecular formula is C14H20N6. The first-order valence-electron chi connectivity index (χ1n) is 7.47. The van der Waals surface area contributed by atoms with Gasteiger partial charge in [0, 0.05) is 13.1 Å². The maximum atomic E-state index is 5.81. The molecule has 2 fully saturated rings. The van der Waals surface area contributed by atoms with E-state index < -0.39 is 0 Å². The number of hydrogen-bond acceptors (Lipinski definition) is 5.